The molecule has 3 nitrogen and oxygen atoms in total. The highest BCUT2D eigenvalue weighted by molar-refractivity contribution is 6.74. The van der Waals surface area contributed by atoms with Crippen molar-refractivity contribution in [2.75, 3.05) is 6.61 Å². The Bertz CT molecular complexity index is 172. The van der Waals surface area contributed by atoms with E-state index in [4.69, 9.17) is 10.2 Å². The van der Waals surface area contributed by atoms with E-state index in [0.717, 1.165) is 0 Å². The van der Waals surface area contributed by atoms with Crippen molar-refractivity contribution in [3.8, 4) is 0 Å². The van der Waals surface area contributed by atoms with Gasteiger partial charge in [-0.05, 0) is 18.1 Å². The zero-order chi connectivity index (χ0) is 9.99. The lowest BCUT2D eigenvalue weighted by Crippen LogP contribution is -2.42. The van der Waals surface area contributed by atoms with Crippen LogP contribution in [0.4, 0.5) is 0 Å². The van der Waals surface area contributed by atoms with Gasteiger partial charge in [0.05, 0.1) is 0 Å². The van der Waals surface area contributed by atoms with Crippen LogP contribution in [0.25, 0.3) is 0 Å². The third kappa shape index (κ3) is 3.36. The minimum atomic E-state index is -1.81. The number of hydrogen-bond donors (Lipinski definition) is 0. The SMILES string of the molecule is CC(C)(C)[Si](C)(C)OCC([NH])=O. The average Bonchev–Trinajstić information content (AvgIpc) is 1.81. The van der Waals surface area contributed by atoms with Crippen molar-refractivity contribution in [3.05, 3.63) is 0 Å². The van der Waals surface area contributed by atoms with Crippen molar-refractivity contribution in [1.82, 2.24) is 5.73 Å². The van der Waals surface area contributed by atoms with Crippen LogP contribution in [0.2, 0.25) is 18.1 Å². The second-order valence-corrected chi connectivity index (χ2v) is 9.28. The van der Waals surface area contributed by atoms with Gasteiger partial charge in [0.25, 0.3) is 5.91 Å². The second kappa shape index (κ2) is 3.58. The smallest absolute Gasteiger partial charge is 0.263 e. The molecule has 12 heavy (non-hydrogen) atoms. The first-order valence-corrected chi connectivity index (χ1v) is 6.96. The molecule has 0 spiro atoms. The molecule has 0 saturated carbocycles. The summed E-state index contributed by atoms with van der Waals surface area (Å²) in [5.41, 5.74) is 6.72. The molecule has 71 valence electrons. The largest absolute Gasteiger partial charge is 0.407 e. The Morgan fingerprint density at radius 3 is 2.08 bits per heavy atom. The highest BCUT2D eigenvalue weighted by Crippen LogP contribution is 2.36. The summed E-state index contributed by atoms with van der Waals surface area (Å²) in [6.07, 6.45) is 0. The molecule has 1 amide bonds. The van der Waals surface area contributed by atoms with Gasteiger partial charge in [-0.25, -0.2) is 0 Å². The lowest BCUT2D eigenvalue weighted by molar-refractivity contribution is -0.120. The Labute approximate surface area is 75.4 Å². The van der Waals surface area contributed by atoms with Crippen molar-refractivity contribution < 1.29 is 9.22 Å². The van der Waals surface area contributed by atoms with Gasteiger partial charge in [-0.1, -0.05) is 20.8 Å². The summed E-state index contributed by atoms with van der Waals surface area (Å²) in [5.74, 6) is -0.639. The Hall–Kier alpha value is -0.353. The Kier molecular flexibility index (Phi) is 3.47. The molecule has 0 aromatic heterocycles. The van der Waals surface area contributed by atoms with Gasteiger partial charge in [0, 0.05) is 0 Å². The molecule has 1 radical (unpaired) electrons. The highest BCUT2D eigenvalue weighted by Gasteiger charge is 2.37. The van der Waals surface area contributed by atoms with Gasteiger partial charge in [-0.3, -0.25) is 10.5 Å². The van der Waals surface area contributed by atoms with Gasteiger partial charge in [0.1, 0.15) is 6.61 Å². The number of hydrogen-bond acceptors (Lipinski definition) is 2. The molecule has 1 N–H and O–H groups in total. The van der Waals surface area contributed by atoms with E-state index in [0.29, 0.717) is 0 Å². The van der Waals surface area contributed by atoms with E-state index in [1.165, 1.54) is 0 Å². The lowest BCUT2D eigenvalue weighted by Gasteiger charge is -2.35. The van der Waals surface area contributed by atoms with Gasteiger partial charge in [-0.2, -0.15) is 0 Å². The first-order valence-electron chi connectivity index (χ1n) is 4.05. The van der Waals surface area contributed by atoms with Crippen molar-refractivity contribution in [3.63, 3.8) is 0 Å². The fourth-order valence-corrected chi connectivity index (χ4v) is 1.39. The molecule has 0 bridgehead atoms. The predicted molar refractivity (Wildman–Crippen MR) is 51.3 cm³/mol. The summed E-state index contributed by atoms with van der Waals surface area (Å²) in [6.45, 7) is 10.4. The maximum atomic E-state index is 10.4. The van der Waals surface area contributed by atoms with Crippen molar-refractivity contribution in [2.45, 2.75) is 38.9 Å². The standard InChI is InChI=1S/C8H18NO2Si/c1-8(2,3)12(4,5)11-6-7(9)10/h9H,6H2,1-5H3. The van der Waals surface area contributed by atoms with Crippen LogP contribution >= 0.6 is 0 Å². The molecule has 0 rings (SSSR count). The summed E-state index contributed by atoms with van der Waals surface area (Å²) in [4.78, 5) is 10.4. The molecule has 0 unspecified atom stereocenters. The van der Waals surface area contributed by atoms with Crippen LogP contribution in [-0.4, -0.2) is 20.8 Å². The molecule has 4 heteroatoms. The minimum Gasteiger partial charge on any atom is -0.407 e. The van der Waals surface area contributed by atoms with Crippen molar-refractivity contribution >= 4 is 14.2 Å². The fraction of sp³-hybridized carbons (Fsp3) is 0.875. The van der Waals surface area contributed by atoms with E-state index in [-0.39, 0.29) is 11.6 Å². The van der Waals surface area contributed by atoms with E-state index in [2.05, 4.69) is 33.9 Å². The van der Waals surface area contributed by atoms with Gasteiger partial charge in [0.15, 0.2) is 8.32 Å². The number of carbonyl (C=O) groups is 1. The Morgan fingerprint density at radius 1 is 1.42 bits per heavy atom. The van der Waals surface area contributed by atoms with Crippen LogP contribution in [0.15, 0.2) is 0 Å². The van der Waals surface area contributed by atoms with Gasteiger partial charge >= 0.3 is 0 Å². The average molecular weight is 188 g/mol. The third-order valence-corrected chi connectivity index (χ3v) is 6.85. The number of nitrogens with one attached hydrogen (secondary N) is 1. The van der Waals surface area contributed by atoms with Crippen LogP contribution in [0.5, 0.6) is 0 Å². The molecule has 0 saturated heterocycles. The van der Waals surface area contributed by atoms with Crippen molar-refractivity contribution in [2.24, 2.45) is 0 Å². The second-order valence-electron chi connectivity index (χ2n) is 4.47. The normalized spacial score (nSPS) is 13.1. The molecular formula is C8H18NO2Si. The summed E-state index contributed by atoms with van der Waals surface area (Å²) < 4.78 is 5.46. The van der Waals surface area contributed by atoms with Crippen LogP contribution in [0, 0.1) is 0 Å². The summed E-state index contributed by atoms with van der Waals surface area (Å²) in [7, 11) is -1.81. The lowest BCUT2D eigenvalue weighted by atomic mass is 10.2. The summed E-state index contributed by atoms with van der Waals surface area (Å²) in [5, 5.41) is 0.114. The van der Waals surface area contributed by atoms with E-state index < -0.39 is 14.2 Å². The maximum Gasteiger partial charge on any atom is 0.263 e. The summed E-state index contributed by atoms with van der Waals surface area (Å²) in [6, 6.07) is 0. The number of rotatable bonds is 3. The van der Waals surface area contributed by atoms with Crippen LogP contribution < -0.4 is 5.73 Å². The van der Waals surface area contributed by atoms with Crippen LogP contribution in [0.1, 0.15) is 20.8 Å². The van der Waals surface area contributed by atoms with Crippen molar-refractivity contribution in [1.29, 1.82) is 0 Å². The van der Waals surface area contributed by atoms with Gasteiger partial charge < -0.3 is 4.43 Å². The molecule has 0 heterocycles. The zero-order valence-corrected chi connectivity index (χ0v) is 9.52. The topological polar surface area (TPSA) is 50.1 Å². The maximum absolute atomic E-state index is 10.4. The predicted octanol–water partition coefficient (Wildman–Crippen LogP) is 1.82. The zero-order valence-electron chi connectivity index (χ0n) is 8.52. The highest BCUT2D eigenvalue weighted by atomic mass is 28.4. The first kappa shape index (κ1) is 11.6. The molecule has 0 aliphatic rings. The number of amides is 1. The fourth-order valence-electron chi connectivity index (χ4n) is 0.462. The Morgan fingerprint density at radius 2 is 1.83 bits per heavy atom. The summed E-state index contributed by atoms with van der Waals surface area (Å²) >= 11 is 0. The molecule has 0 aliphatic carbocycles. The van der Waals surface area contributed by atoms with Crippen LogP contribution in [0.3, 0.4) is 0 Å². The number of carbonyl (C=O) groups excluding carboxylic acids is 1. The van der Waals surface area contributed by atoms with Gasteiger partial charge in [0.2, 0.25) is 0 Å². The van der Waals surface area contributed by atoms with E-state index in [1.54, 1.807) is 0 Å². The van der Waals surface area contributed by atoms with Crippen LogP contribution in [-0.2, 0) is 9.22 Å². The first-order chi connectivity index (χ1) is 5.17. The van der Waals surface area contributed by atoms with E-state index in [1.807, 2.05) is 0 Å². The molecule has 0 fully saturated rings. The quantitative estimate of drug-likeness (QED) is 0.634. The Balaban J connectivity index is 4.14. The minimum absolute atomic E-state index is 0.0590. The third-order valence-electron chi connectivity index (χ3n) is 2.37. The molecule has 0 atom stereocenters. The molecule has 0 aliphatic heterocycles. The van der Waals surface area contributed by atoms with E-state index in [9.17, 15) is 4.79 Å². The molecule has 0 aromatic carbocycles. The monoisotopic (exact) mass is 188 g/mol. The molecule has 0 aromatic rings. The molecular weight excluding hydrogens is 170 g/mol. The van der Waals surface area contributed by atoms with Gasteiger partial charge in [-0.15, -0.1) is 0 Å². The van der Waals surface area contributed by atoms with E-state index >= 15 is 0 Å².